The van der Waals surface area contributed by atoms with Crippen LogP contribution in [0.4, 0.5) is 0 Å². The summed E-state index contributed by atoms with van der Waals surface area (Å²) < 4.78 is 0. The molecule has 0 radical (unpaired) electrons. The number of rotatable bonds is 4. The summed E-state index contributed by atoms with van der Waals surface area (Å²) in [5, 5.41) is 6.42. The monoisotopic (exact) mass is 140 g/mol. The molecule has 10 heavy (non-hydrogen) atoms. The van der Waals surface area contributed by atoms with Crippen LogP contribution in [-0.2, 0) is 9.59 Å². The summed E-state index contributed by atoms with van der Waals surface area (Å²) in [6.45, 7) is 1.33. The fraction of sp³-hybridized carbons (Fsp3) is 0.333. The van der Waals surface area contributed by atoms with E-state index in [4.69, 9.17) is 5.41 Å². The SMILES string of the molecule is CC(=O)CC(=O)C=NC=N. The molecule has 0 unspecified atom stereocenters. The number of carbonyl (C=O) groups excluding carboxylic acids is 2. The Bertz CT molecular complexity index is 184. The van der Waals surface area contributed by atoms with E-state index >= 15 is 0 Å². The fourth-order valence-electron chi connectivity index (χ4n) is 0.411. The normalized spacial score (nSPS) is 9.70. The van der Waals surface area contributed by atoms with Crippen molar-refractivity contribution in [1.29, 1.82) is 5.41 Å². The summed E-state index contributed by atoms with van der Waals surface area (Å²) in [4.78, 5) is 24.1. The number of nitrogens with one attached hydrogen (secondary N) is 1. The molecule has 4 nitrogen and oxygen atoms in total. The summed E-state index contributed by atoms with van der Waals surface area (Å²) in [5.74, 6) is -0.558. The molecule has 0 saturated heterocycles. The Morgan fingerprint density at radius 3 is 2.60 bits per heavy atom. The number of hydrogen-bond acceptors (Lipinski definition) is 3. The lowest BCUT2D eigenvalue weighted by molar-refractivity contribution is -0.122. The van der Waals surface area contributed by atoms with E-state index in [-0.39, 0.29) is 18.0 Å². The Kier molecular flexibility index (Phi) is 3.95. The molecule has 0 saturated carbocycles. The van der Waals surface area contributed by atoms with Crippen LogP contribution in [0.3, 0.4) is 0 Å². The number of nitrogens with zero attached hydrogens (tertiary/aromatic N) is 1. The largest absolute Gasteiger partial charge is 0.300 e. The molecule has 0 aromatic heterocycles. The van der Waals surface area contributed by atoms with Crippen molar-refractivity contribution in [2.75, 3.05) is 0 Å². The highest BCUT2D eigenvalue weighted by Gasteiger charge is 1.99. The van der Waals surface area contributed by atoms with Crippen molar-refractivity contribution in [3.63, 3.8) is 0 Å². The summed E-state index contributed by atoms with van der Waals surface area (Å²) >= 11 is 0. The topological polar surface area (TPSA) is 70.3 Å². The summed E-state index contributed by atoms with van der Waals surface area (Å²) in [5.41, 5.74) is 0. The van der Waals surface area contributed by atoms with Crippen LogP contribution in [0.15, 0.2) is 4.99 Å². The van der Waals surface area contributed by atoms with Gasteiger partial charge in [-0.15, -0.1) is 0 Å². The van der Waals surface area contributed by atoms with Crippen molar-refractivity contribution in [3.8, 4) is 0 Å². The van der Waals surface area contributed by atoms with E-state index in [1.807, 2.05) is 0 Å². The Morgan fingerprint density at radius 2 is 2.20 bits per heavy atom. The van der Waals surface area contributed by atoms with Gasteiger partial charge in [-0.05, 0) is 6.92 Å². The lowest BCUT2D eigenvalue weighted by Crippen LogP contribution is -2.04. The van der Waals surface area contributed by atoms with E-state index in [9.17, 15) is 9.59 Å². The molecule has 0 aliphatic carbocycles. The summed E-state index contributed by atoms with van der Waals surface area (Å²) in [6, 6.07) is 0. The Balaban J connectivity index is 3.75. The molecule has 0 amide bonds. The van der Waals surface area contributed by atoms with Crippen LogP contribution in [0.2, 0.25) is 0 Å². The van der Waals surface area contributed by atoms with Crippen LogP contribution in [0.25, 0.3) is 0 Å². The highest BCUT2D eigenvalue weighted by atomic mass is 16.1. The number of Topliss-reactive ketones (excluding diaryl/α,β-unsaturated/α-hetero) is 2. The van der Waals surface area contributed by atoms with Crippen LogP contribution >= 0.6 is 0 Å². The molecule has 0 aromatic rings. The predicted molar refractivity (Wildman–Crippen MR) is 37.6 cm³/mol. The molecule has 0 spiro atoms. The zero-order chi connectivity index (χ0) is 7.98. The van der Waals surface area contributed by atoms with E-state index in [1.54, 1.807) is 0 Å². The maximum atomic E-state index is 10.5. The average Bonchev–Trinajstić information content (AvgIpc) is 1.82. The van der Waals surface area contributed by atoms with Crippen molar-refractivity contribution >= 4 is 24.1 Å². The predicted octanol–water partition coefficient (Wildman–Crippen LogP) is 0.212. The first-order chi connectivity index (χ1) is 4.66. The van der Waals surface area contributed by atoms with Crippen LogP contribution in [0.1, 0.15) is 13.3 Å². The minimum Gasteiger partial charge on any atom is -0.300 e. The molecule has 0 fully saturated rings. The lowest BCUT2D eigenvalue weighted by atomic mass is 10.2. The number of hydrogen-bond donors (Lipinski definition) is 1. The van der Waals surface area contributed by atoms with Gasteiger partial charge in [-0.3, -0.25) is 15.0 Å². The van der Waals surface area contributed by atoms with Gasteiger partial charge in [0.25, 0.3) is 0 Å². The molecule has 0 atom stereocenters. The second-order valence-corrected chi connectivity index (χ2v) is 1.75. The molecule has 0 bridgehead atoms. The van der Waals surface area contributed by atoms with Gasteiger partial charge in [0.1, 0.15) is 12.1 Å². The molecule has 0 rings (SSSR count). The van der Waals surface area contributed by atoms with E-state index in [2.05, 4.69) is 4.99 Å². The maximum Gasteiger partial charge on any atom is 0.181 e. The first kappa shape index (κ1) is 8.68. The molecule has 0 aliphatic heterocycles. The highest BCUT2D eigenvalue weighted by molar-refractivity contribution is 6.32. The number of carbonyl (C=O) groups is 2. The van der Waals surface area contributed by atoms with Gasteiger partial charge in [0, 0.05) is 0 Å². The average molecular weight is 140 g/mol. The smallest absolute Gasteiger partial charge is 0.181 e. The van der Waals surface area contributed by atoms with Crippen molar-refractivity contribution in [3.05, 3.63) is 0 Å². The number of ketones is 2. The molecular weight excluding hydrogens is 132 g/mol. The quantitative estimate of drug-likeness (QED) is 0.344. The minimum atomic E-state index is -0.365. The van der Waals surface area contributed by atoms with E-state index in [0.717, 1.165) is 12.6 Å². The fourth-order valence-corrected chi connectivity index (χ4v) is 0.411. The van der Waals surface area contributed by atoms with Crippen molar-refractivity contribution in [2.45, 2.75) is 13.3 Å². The third-order valence-corrected chi connectivity index (χ3v) is 0.716. The molecule has 0 aromatic carbocycles. The molecule has 54 valence electrons. The van der Waals surface area contributed by atoms with Crippen LogP contribution in [0, 0.1) is 5.41 Å². The van der Waals surface area contributed by atoms with Gasteiger partial charge in [0.05, 0.1) is 12.6 Å². The molecule has 4 heteroatoms. The maximum absolute atomic E-state index is 10.5. The van der Waals surface area contributed by atoms with Gasteiger partial charge in [0.15, 0.2) is 5.78 Å². The second-order valence-electron chi connectivity index (χ2n) is 1.75. The van der Waals surface area contributed by atoms with Gasteiger partial charge in [-0.1, -0.05) is 0 Å². The van der Waals surface area contributed by atoms with E-state index < -0.39 is 0 Å². The van der Waals surface area contributed by atoms with Gasteiger partial charge in [0.2, 0.25) is 0 Å². The van der Waals surface area contributed by atoms with Crippen LogP contribution in [-0.4, -0.2) is 24.1 Å². The molecule has 0 aliphatic rings. The molecule has 1 N–H and O–H groups in total. The highest BCUT2D eigenvalue weighted by Crippen LogP contribution is 1.80. The molecule has 0 heterocycles. The second kappa shape index (κ2) is 4.55. The first-order valence-electron chi connectivity index (χ1n) is 2.71. The Labute approximate surface area is 58.5 Å². The van der Waals surface area contributed by atoms with Crippen molar-refractivity contribution < 1.29 is 9.59 Å². The molecular formula is C6H8N2O2. The van der Waals surface area contributed by atoms with E-state index in [0.29, 0.717) is 0 Å². The number of aliphatic imine (C=N–C) groups is 1. The summed E-state index contributed by atoms with van der Waals surface area (Å²) in [7, 11) is 0. The van der Waals surface area contributed by atoms with Gasteiger partial charge >= 0.3 is 0 Å². The third-order valence-electron chi connectivity index (χ3n) is 0.716. The van der Waals surface area contributed by atoms with Crippen LogP contribution in [0.5, 0.6) is 0 Å². The zero-order valence-electron chi connectivity index (χ0n) is 5.63. The lowest BCUT2D eigenvalue weighted by Gasteiger charge is -1.84. The standard InChI is InChI=1S/C6H8N2O2/c1-5(9)2-6(10)3-8-4-7/h3-4,7H,2H2,1H3. The van der Waals surface area contributed by atoms with Crippen molar-refractivity contribution in [2.24, 2.45) is 4.99 Å². The van der Waals surface area contributed by atoms with Gasteiger partial charge in [-0.2, -0.15) is 0 Å². The minimum absolute atomic E-state index is 0.128. The van der Waals surface area contributed by atoms with Crippen LogP contribution < -0.4 is 0 Å². The third kappa shape index (κ3) is 4.83. The van der Waals surface area contributed by atoms with Crippen molar-refractivity contribution in [1.82, 2.24) is 0 Å². The summed E-state index contributed by atoms with van der Waals surface area (Å²) in [6.07, 6.45) is 1.59. The zero-order valence-corrected chi connectivity index (χ0v) is 5.63. The van der Waals surface area contributed by atoms with E-state index in [1.165, 1.54) is 6.92 Å². The Hall–Kier alpha value is -1.32. The first-order valence-corrected chi connectivity index (χ1v) is 2.71. The Morgan fingerprint density at radius 1 is 1.60 bits per heavy atom. The van der Waals surface area contributed by atoms with Gasteiger partial charge in [-0.25, -0.2) is 4.99 Å². The van der Waals surface area contributed by atoms with Gasteiger partial charge < -0.3 is 0 Å².